The van der Waals surface area contributed by atoms with E-state index in [1.165, 1.54) is 6.42 Å². The molecule has 0 aromatic rings. The molecule has 1 atom stereocenters. The van der Waals surface area contributed by atoms with Crippen LogP contribution in [0.2, 0.25) is 0 Å². The molecule has 0 saturated heterocycles. The fourth-order valence-corrected chi connectivity index (χ4v) is 5.01. The molecule has 1 N–H and O–H groups in total. The molecule has 4 heteroatoms. The normalized spacial score (nSPS) is 21.4. The average molecular weight is 261 g/mol. The Morgan fingerprint density at radius 1 is 1.18 bits per heavy atom. The van der Waals surface area contributed by atoms with Crippen LogP contribution in [0.15, 0.2) is 0 Å². The zero-order chi connectivity index (χ0) is 13.1. The molecule has 3 nitrogen and oxygen atoms in total. The zero-order valence-corrected chi connectivity index (χ0v) is 12.4. The topological polar surface area (TPSA) is 46.2 Å². The largest absolute Gasteiger partial charge is 0.315 e. The van der Waals surface area contributed by atoms with Gasteiger partial charge in [-0.1, -0.05) is 40.0 Å². The van der Waals surface area contributed by atoms with Crippen molar-refractivity contribution >= 4 is 9.84 Å². The highest BCUT2D eigenvalue weighted by Gasteiger charge is 2.33. The first-order valence-corrected chi connectivity index (χ1v) is 8.38. The maximum absolute atomic E-state index is 12.4. The third-order valence-corrected chi connectivity index (χ3v) is 6.14. The molecule has 0 amide bonds. The summed E-state index contributed by atoms with van der Waals surface area (Å²) in [5.74, 6) is 0.275. The van der Waals surface area contributed by atoms with Crippen LogP contribution in [-0.2, 0) is 9.84 Å². The quantitative estimate of drug-likeness (QED) is 0.845. The summed E-state index contributed by atoms with van der Waals surface area (Å²) in [6, 6.07) is 0.0365. The fourth-order valence-electron chi connectivity index (χ4n) is 2.56. The van der Waals surface area contributed by atoms with Gasteiger partial charge in [-0.25, -0.2) is 8.42 Å². The highest BCUT2D eigenvalue weighted by atomic mass is 32.2. The highest BCUT2D eigenvalue weighted by molar-refractivity contribution is 7.92. The van der Waals surface area contributed by atoms with Crippen LogP contribution in [0, 0.1) is 5.41 Å². The molecule has 1 fully saturated rings. The predicted molar refractivity (Wildman–Crippen MR) is 73.0 cm³/mol. The van der Waals surface area contributed by atoms with Crippen LogP contribution >= 0.6 is 0 Å². The minimum absolute atomic E-state index is 0.0174. The van der Waals surface area contributed by atoms with Gasteiger partial charge in [-0.2, -0.15) is 0 Å². The van der Waals surface area contributed by atoms with Crippen LogP contribution in [0.1, 0.15) is 52.9 Å². The van der Waals surface area contributed by atoms with Gasteiger partial charge in [0.25, 0.3) is 0 Å². The smallest absolute Gasteiger partial charge is 0.154 e. The molecule has 1 aliphatic carbocycles. The Labute approximate surface area is 106 Å². The first-order valence-electron chi connectivity index (χ1n) is 6.66. The van der Waals surface area contributed by atoms with Crippen molar-refractivity contribution in [3.05, 3.63) is 0 Å². The second-order valence-electron chi connectivity index (χ2n) is 6.30. The molecule has 1 aliphatic rings. The van der Waals surface area contributed by atoms with Crippen molar-refractivity contribution in [1.29, 1.82) is 0 Å². The number of sulfone groups is 1. The van der Waals surface area contributed by atoms with Gasteiger partial charge in [0.05, 0.1) is 11.0 Å². The first-order chi connectivity index (χ1) is 7.77. The molecule has 0 aromatic carbocycles. The lowest BCUT2D eigenvalue weighted by Gasteiger charge is -2.32. The lowest BCUT2D eigenvalue weighted by molar-refractivity contribution is 0.301. The van der Waals surface area contributed by atoms with E-state index in [0.717, 1.165) is 25.7 Å². The van der Waals surface area contributed by atoms with Gasteiger partial charge in [0.15, 0.2) is 9.84 Å². The molecule has 1 unspecified atom stereocenters. The Morgan fingerprint density at radius 2 is 1.71 bits per heavy atom. The molecule has 0 bridgehead atoms. The number of rotatable bonds is 4. The van der Waals surface area contributed by atoms with Crippen molar-refractivity contribution in [2.75, 3.05) is 12.8 Å². The van der Waals surface area contributed by atoms with Gasteiger partial charge >= 0.3 is 0 Å². The number of nitrogens with one attached hydrogen (secondary N) is 1. The molecular formula is C13H27NO2S. The second-order valence-corrected chi connectivity index (χ2v) is 8.62. The third kappa shape index (κ3) is 4.25. The van der Waals surface area contributed by atoms with Crippen molar-refractivity contribution < 1.29 is 8.42 Å². The lowest BCUT2D eigenvalue weighted by Crippen LogP contribution is -2.45. The van der Waals surface area contributed by atoms with E-state index in [4.69, 9.17) is 0 Å². The Morgan fingerprint density at radius 3 is 2.12 bits per heavy atom. The molecule has 0 aliphatic heterocycles. The summed E-state index contributed by atoms with van der Waals surface area (Å²) >= 11 is 0. The van der Waals surface area contributed by atoms with Crippen LogP contribution in [0.5, 0.6) is 0 Å². The van der Waals surface area contributed by atoms with Crippen molar-refractivity contribution in [2.24, 2.45) is 5.41 Å². The van der Waals surface area contributed by atoms with E-state index in [9.17, 15) is 8.42 Å². The molecule has 17 heavy (non-hydrogen) atoms. The average Bonchev–Trinajstić information content (AvgIpc) is 2.25. The summed E-state index contributed by atoms with van der Waals surface area (Å²) in [4.78, 5) is 0. The summed E-state index contributed by atoms with van der Waals surface area (Å²) in [5, 5.41) is 3.07. The van der Waals surface area contributed by atoms with E-state index in [1.54, 1.807) is 0 Å². The van der Waals surface area contributed by atoms with Crippen LogP contribution in [0.25, 0.3) is 0 Å². The van der Waals surface area contributed by atoms with Gasteiger partial charge in [0.2, 0.25) is 0 Å². The van der Waals surface area contributed by atoms with Crippen molar-refractivity contribution in [1.82, 2.24) is 5.32 Å². The van der Waals surface area contributed by atoms with Crippen molar-refractivity contribution in [2.45, 2.75) is 64.2 Å². The van der Waals surface area contributed by atoms with Gasteiger partial charge in [0, 0.05) is 6.04 Å². The van der Waals surface area contributed by atoms with Gasteiger partial charge in [-0.3, -0.25) is 0 Å². The van der Waals surface area contributed by atoms with Gasteiger partial charge in [-0.15, -0.1) is 0 Å². The van der Waals surface area contributed by atoms with Crippen LogP contribution in [-0.4, -0.2) is 32.5 Å². The molecule has 0 spiro atoms. The number of hydrogen-bond acceptors (Lipinski definition) is 3. The SMILES string of the molecule is CNC(CS(=O)(=O)C1CCCCC1)C(C)(C)C. The third-order valence-electron chi connectivity index (χ3n) is 3.85. The monoisotopic (exact) mass is 261 g/mol. The molecule has 1 saturated carbocycles. The Balaban J connectivity index is 2.70. The standard InChI is InChI=1S/C13H27NO2S/c1-13(2,3)12(14-4)10-17(15,16)11-8-6-5-7-9-11/h11-12,14H,5-10H2,1-4H3. The van der Waals surface area contributed by atoms with E-state index in [-0.39, 0.29) is 22.5 Å². The molecule has 1 rings (SSSR count). The Hall–Kier alpha value is -0.0900. The lowest BCUT2D eigenvalue weighted by atomic mass is 9.88. The molecule has 0 radical (unpaired) electrons. The molecular weight excluding hydrogens is 234 g/mol. The van der Waals surface area contributed by atoms with E-state index in [0.29, 0.717) is 0 Å². The molecule has 0 aromatic heterocycles. The summed E-state index contributed by atoms with van der Waals surface area (Å²) in [6.45, 7) is 6.26. The van der Waals surface area contributed by atoms with E-state index in [2.05, 4.69) is 26.1 Å². The second kappa shape index (κ2) is 5.70. The minimum atomic E-state index is -2.94. The highest BCUT2D eigenvalue weighted by Crippen LogP contribution is 2.27. The Bertz CT molecular complexity index is 324. The van der Waals surface area contributed by atoms with E-state index in [1.807, 2.05) is 7.05 Å². The first kappa shape index (κ1) is 15.0. The van der Waals surface area contributed by atoms with Gasteiger partial charge < -0.3 is 5.32 Å². The minimum Gasteiger partial charge on any atom is -0.315 e. The van der Waals surface area contributed by atoms with Crippen molar-refractivity contribution in [3.8, 4) is 0 Å². The summed E-state index contributed by atoms with van der Waals surface area (Å²) in [5.41, 5.74) is -0.0174. The zero-order valence-electron chi connectivity index (χ0n) is 11.6. The summed E-state index contributed by atoms with van der Waals surface area (Å²) < 4.78 is 24.7. The van der Waals surface area contributed by atoms with Crippen LogP contribution in [0.4, 0.5) is 0 Å². The number of hydrogen-bond donors (Lipinski definition) is 1. The van der Waals surface area contributed by atoms with E-state index < -0.39 is 9.84 Å². The Kier molecular flexibility index (Phi) is 5.02. The summed E-state index contributed by atoms with van der Waals surface area (Å²) in [7, 11) is -1.09. The van der Waals surface area contributed by atoms with Crippen LogP contribution in [0.3, 0.4) is 0 Å². The van der Waals surface area contributed by atoms with Crippen molar-refractivity contribution in [3.63, 3.8) is 0 Å². The van der Waals surface area contributed by atoms with Crippen LogP contribution < -0.4 is 5.32 Å². The van der Waals surface area contributed by atoms with E-state index >= 15 is 0 Å². The maximum Gasteiger partial charge on any atom is 0.154 e. The fraction of sp³-hybridized carbons (Fsp3) is 1.00. The predicted octanol–water partition coefficient (Wildman–Crippen LogP) is 2.37. The molecule has 0 heterocycles. The maximum atomic E-state index is 12.4. The van der Waals surface area contributed by atoms with Gasteiger partial charge in [-0.05, 0) is 25.3 Å². The molecule has 102 valence electrons. The van der Waals surface area contributed by atoms with Gasteiger partial charge in [0.1, 0.15) is 0 Å². The summed E-state index contributed by atoms with van der Waals surface area (Å²) in [6.07, 6.45) is 5.07.